The molecule has 146 valence electrons. The zero-order chi connectivity index (χ0) is 19.4. The van der Waals surface area contributed by atoms with Gasteiger partial charge in [0.05, 0.1) is 0 Å². The highest BCUT2D eigenvalue weighted by Gasteiger charge is 2.27. The molecule has 0 radical (unpaired) electrons. The van der Waals surface area contributed by atoms with Crippen molar-refractivity contribution < 1.29 is 22.0 Å². The van der Waals surface area contributed by atoms with E-state index >= 15 is 0 Å². The predicted molar refractivity (Wildman–Crippen MR) is 102 cm³/mol. The van der Waals surface area contributed by atoms with Gasteiger partial charge in [0.25, 0.3) is 11.7 Å². The minimum Gasteiger partial charge on any atom is -0.339 e. The van der Waals surface area contributed by atoms with Crippen molar-refractivity contribution >= 4 is 39.0 Å². The Labute approximate surface area is 164 Å². The second kappa shape index (κ2) is 8.68. The number of hydrogen-bond acceptors (Lipinski definition) is 5. The average Bonchev–Trinajstić information content (AvgIpc) is 3.17. The molecule has 3 rings (SSSR count). The third kappa shape index (κ3) is 5.28. The number of sulfonamides is 1. The van der Waals surface area contributed by atoms with E-state index in [1.165, 1.54) is 12.1 Å². The molecule has 1 aliphatic heterocycles. The molecule has 0 bridgehead atoms. The first-order chi connectivity index (χ1) is 12.8. The number of halogens is 2. The lowest BCUT2D eigenvalue weighted by Crippen LogP contribution is -2.46. The highest BCUT2D eigenvalue weighted by atomic mass is 32.2. The maximum Gasteiger partial charge on any atom is 0.288 e. The van der Waals surface area contributed by atoms with Crippen molar-refractivity contribution in [2.45, 2.75) is 33.7 Å². The van der Waals surface area contributed by atoms with Gasteiger partial charge in [-0.1, -0.05) is 17.8 Å². The molecule has 0 unspecified atom stereocenters. The lowest BCUT2D eigenvalue weighted by Gasteiger charge is -2.32. The molecule has 1 aliphatic rings. The fourth-order valence-electron chi connectivity index (χ4n) is 2.86. The molecule has 1 N–H and O–H groups in total. The summed E-state index contributed by atoms with van der Waals surface area (Å²) in [6.07, 6.45) is 1.05. The van der Waals surface area contributed by atoms with Crippen LogP contribution in [0.5, 0.6) is 0 Å². The van der Waals surface area contributed by atoms with Gasteiger partial charge in [-0.15, -0.1) is 11.3 Å². The smallest absolute Gasteiger partial charge is 0.288 e. The number of thioether (sulfide) groups is 1. The predicted octanol–water partition coefficient (Wildman–Crippen LogP) is 3.65. The molecule has 10 heteroatoms. The van der Waals surface area contributed by atoms with Crippen LogP contribution in [0.4, 0.5) is 8.78 Å². The fraction of sp³-hybridized carbons (Fsp3) is 0.353. The molecule has 1 amide bonds. The molecule has 1 aromatic heterocycles. The van der Waals surface area contributed by atoms with Crippen LogP contribution in [0, 0.1) is 0 Å². The number of hydrogen-bond donors (Lipinski definition) is 1. The molecule has 0 spiro atoms. The summed E-state index contributed by atoms with van der Waals surface area (Å²) < 4.78 is 52.2. The Morgan fingerprint density at radius 3 is 2.41 bits per heavy atom. The quantitative estimate of drug-likeness (QED) is 0.708. The van der Waals surface area contributed by atoms with Crippen molar-refractivity contribution in [1.29, 1.82) is 0 Å². The lowest BCUT2D eigenvalue weighted by molar-refractivity contribution is 0.0711. The molecule has 1 saturated heterocycles. The van der Waals surface area contributed by atoms with Crippen LogP contribution in [0.15, 0.2) is 50.9 Å². The summed E-state index contributed by atoms with van der Waals surface area (Å²) in [5, 5.41) is 1.71. The van der Waals surface area contributed by atoms with E-state index in [1.54, 1.807) is 34.5 Å². The molecule has 2 heterocycles. The molecule has 2 aromatic rings. The van der Waals surface area contributed by atoms with Crippen LogP contribution in [-0.2, 0) is 10.0 Å². The summed E-state index contributed by atoms with van der Waals surface area (Å²) in [7, 11) is -3.52. The number of nitrogens with zero attached hydrogens (tertiary/aromatic N) is 1. The molecule has 0 aliphatic carbocycles. The van der Waals surface area contributed by atoms with Gasteiger partial charge in [-0.3, -0.25) is 4.79 Å². The van der Waals surface area contributed by atoms with E-state index in [2.05, 4.69) is 4.72 Å². The van der Waals surface area contributed by atoms with Crippen molar-refractivity contribution in [1.82, 2.24) is 9.62 Å². The van der Waals surface area contributed by atoms with Gasteiger partial charge in [0.2, 0.25) is 10.0 Å². The first kappa shape index (κ1) is 20.2. The van der Waals surface area contributed by atoms with Crippen LogP contribution < -0.4 is 4.72 Å². The number of nitrogens with one attached hydrogen (secondary N) is 1. The Morgan fingerprint density at radius 2 is 1.85 bits per heavy atom. The van der Waals surface area contributed by atoms with Crippen molar-refractivity contribution in [3.63, 3.8) is 0 Å². The lowest BCUT2D eigenvalue weighted by atomic mass is 10.0. The van der Waals surface area contributed by atoms with E-state index in [0.717, 1.165) is 11.3 Å². The second-order valence-electron chi connectivity index (χ2n) is 6.02. The van der Waals surface area contributed by atoms with E-state index in [-0.39, 0.29) is 16.2 Å². The number of carbonyl (C=O) groups excluding carboxylic acids is 1. The van der Waals surface area contributed by atoms with Crippen LogP contribution in [-0.4, -0.2) is 44.1 Å². The van der Waals surface area contributed by atoms with E-state index in [9.17, 15) is 22.0 Å². The van der Waals surface area contributed by atoms with Crippen molar-refractivity contribution in [3.8, 4) is 0 Å². The zero-order valence-electron chi connectivity index (χ0n) is 14.2. The first-order valence-corrected chi connectivity index (χ1v) is 11.5. The summed E-state index contributed by atoms with van der Waals surface area (Å²) in [6, 6.07) is 9.12. The number of alkyl halides is 2. The third-order valence-corrected chi connectivity index (χ3v) is 7.83. The Kier molecular flexibility index (Phi) is 6.51. The van der Waals surface area contributed by atoms with Crippen LogP contribution in [0.2, 0.25) is 0 Å². The summed E-state index contributed by atoms with van der Waals surface area (Å²) in [5.41, 5.74) is 0.436. The maximum atomic E-state index is 12.5. The minimum atomic E-state index is -3.52. The number of rotatable bonds is 6. The summed E-state index contributed by atoms with van der Waals surface area (Å²) in [6.45, 7) is 0.869. The summed E-state index contributed by atoms with van der Waals surface area (Å²) in [4.78, 5) is 14.6. The highest BCUT2D eigenvalue weighted by Crippen LogP contribution is 2.26. The number of benzene rings is 1. The molecule has 0 atom stereocenters. The highest BCUT2D eigenvalue weighted by molar-refractivity contribution is 7.99. The maximum absolute atomic E-state index is 12.5. The summed E-state index contributed by atoms with van der Waals surface area (Å²) in [5.74, 6) is -2.67. The standard InChI is InChI=1S/C17H18F2N2O3S3/c18-17(19)26-14-5-3-12(4-6-14)16(22)21-9-7-13(8-10-21)20-27(23,24)15-2-1-11-25-15/h1-6,11,13,17,20H,7-10H2. The van der Waals surface area contributed by atoms with Crippen molar-refractivity contribution in [3.05, 3.63) is 47.3 Å². The number of amides is 1. The van der Waals surface area contributed by atoms with Gasteiger partial charge in [-0.05, 0) is 48.6 Å². The molecule has 1 fully saturated rings. The average molecular weight is 433 g/mol. The third-order valence-electron chi connectivity index (χ3n) is 4.19. The molecular weight excluding hydrogens is 414 g/mol. The Hall–Kier alpha value is -1.49. The van der Waals surface area contributed by atoms with Gasteiger partial charge >= 0.3 is 0 Å². The molecule has 5 nitrogen and oxygen atoms in total. The number of likely N-dealkylation sites (tertiary alicyclic amines) is 1. The largest absolute Gasteiger partial charge is 0.339 e. The van der Waals surface area contributed by atoms with E-state index < -0.39 is 15.8 Å². The van der Waals surface area contributed by atoms with E-state index in [0.29, 0.717) is 48.2 Å². The second-order valence-corrected chi connectivity index (χ2v) is 9.97. The molecular formula is C17H18F2N2O3S3. The number of piperidine rings is 1. The van der Waals surface area contributed by atoms with Gasteiger partial charge in [-0.25, -0.2) is 13.1 Å². The van der Waals surface area contributed by atoms with Gasteiger partial charge in [0.1, 0.15) is 4.21 Å². The number of carbonyl (C=O) groups is 1. The van der Waals surface area contributed by atoms with Crippen LogP contribution in [0.25, 0.3) is 0 Å². The van der Waals surface area contributed by atoms with Gasteiger partial charge in [0, 0.05) is 29.6 Å². The Bertz CT molecular complexity index is 863. The monoisotopic (exact) mass is 432 g/mol. The van der Waals surface area contributed by atoms with E-state index in [4.69, 9.17) is 0 Å². The Morgan fingerprint density at radius 1 is 1.19 bits per heavy atom. The van der Waals surface area contributed by atoms with Crippen molar-refractivity contribution in [2.75, 3.05) is 13.1 Å². The van der Waals surface area contributed by atoms with Gasteiger partial charge < -0.3 is 4.90 Å². The van der Waals surface area contributed by atoms with E-state index in [1.807, 2.05) is 0 Å². The van der Waals surface area contributed by atoms with Crippen LogP contribution in [0.3, 0.4) is 0 Å². The number of thiophene rings is 1. The molecule has 27 heavy (non-hydrogen) atoms. The minimum absolute atomic E-state index is 0.178. The molecule has 0 saturated carbocycles. The Balaban J connectivity index is 1.55. The van der Waals surface area contributed by atoms with Gasteiger partial charge in [-0.2, -0.15) is 8.78 Å². The molecule has 1 aromatic carbocycles. The topological polar surface area (TPSA) is 66.5 Å². The van der Waals surface area contributed by atoms with Crippen LogP contribution in [0.1, 0.15) is 23.2 Å². The van der Waals surface area contributed by atoms with Crippen LogP contribution >= 0.6 is 23.1 Å². The zero-order valence-corrected chi connectivity index (χ0v) is 16.6. The van der Waals surface area contributed by atoms with Crippen molar-refractivity contribution in [2.24, 2.45) is 0 Å². The SMILES string of the molecule is O=C(c1ccc(SC(F)F)cc1)N1CCC(NS(=O)(=O)c2cccs2)CC1. The normalized spacial score (nSPS) is 16.0. The first-order valence-electron chi connectivity index (χ1n) is 8.25. The summed E-state index contributed by atoms with van der Waals surface area (Å²) >= 11 is 1.60. The van der Waals surface area contributed by atoms with Gasteiger partial charge in [0.15, 0.2) is 0 Å². The fourth-order valence-corrected chi connectivity index (χ4v) is 5.67.